The molecule has 0 fully saturated rings. The van der Waals surface area contributed by atoms with Gasteiger partial charge < -0.3 is 9.64 Å². The van der Waals surface area contributed by atoms with Gasteiger partial charge in [-0.15, -0.1) is 0 Å². The van der Waals surface area contributed by atoms with Crippen molar-refractivity contribution < 1.29 is 14.3 Å². The Hall–Kier alpha value is -2.62. The summed E-state index contributed by atoms with van der Waals surface area (Å²) in [6, 6.07) is 15.0. The molecule has 1 unspecified atom stereocenters. The monoisotopic (exact) mass is 309 g/mol. The van der Waals surface area contributed by atoms with Crippen molar-refractivity contribution >= 4 is 17.6 Å². The van der Waals surface area contributed by atoms with E-state index in [4.69, 9.17) is 4.74 Å². The van der Waals surface area contributed by atoms with Gasteiger partial charge >= 0.3 is 5.97 Å². The van der Waals surface area contributed by atoms with Crippen molar-refractivity contribution in [3.63, 3.8) is 0 Å². The summed E-state index contributed by atoms with van der Waals surface area (Å²) in [7, 11) is 0. The summed E-state index contributed by atoms with van der Waals surface area (Å²) in [6.07, 6.45) is 0. The fourth-order valence-corrected chi connectivity index (χ4v) is 3.22. The lowest BCUT2D eigenvalue weighted by molar-refractivity contribution is -0.161. The van der Waals surface area contributed by atoms with Crippen LogP contribution in [0.4, 0.5) is 5.69 Å². The van der Waals surface area contributed by atoms with E-state index in [9.17, 15) is 9.59 Å². The third-order valence-corrected chi connectivity index (χ3v) is 4.16. The molecular formula is C19H19NO3. The summed E-state index contributed by atoms with van der Waals surface area (Å²) < 4.78 is 5.68. The molecule has 4 nitrogen and oxygen atoms in total. The fourth-order valence-electron chi connectivity index (χ4n) is 3.22. The van der Waals surface area contributed by atoms with Gasteiger partial charge in [0.15, 0.2) is 0 Å². The first-order valence-corrected chi connectivity index (χ1v) is 7.69. The number of carbonyl (C=O) groups excluding carboxylic acids is 2. The first kappa shape index (κ1) is 15.3. The third kappa shape index (κ3) is 2.22. The summed E-state index contributed by atoms with van der Waals surface area (Å²) in [5, 5.41) is 0. The van der Waals surface area contributed by atoms with Gasteiger partial charge in [0.25, 0.3) is 5.91 Å². The van der Waals surface area contributed by atoms with Crippen LogP contribution in [0.15, 0.2) is 48.5 Å². The van der Waals surface area contributed by atoms with E-state index in [0.717, 1.165) is 16.8 Å². The maximum absolute atomic E-state index is 13.2. The highest BCUT2D eigenvalue weighted by molar-refractivity contribution is 6.10. The number of benzene rings is 2. The van der Waals surface area contributed by atoms with Crippen LogP contribution in [0, 0.1) is 6.92 Å². The lowest BCUT2D eigenvalue weighted by atomic mass is 9.86. The molecule has 0 aliphatic carbocycles. The van der Waals surface area contributed by atoms with E-state index >= 15 is 0 Å². The first-order valence-electron chi connectivity index (χ1n) is 7.69. The quantitative estimate of drug-likeness (QED) is 0.818. The minimum Gasteiger partial charge on any atom is -0.439 e. The Kier molecular flexibility index (Phi) is 3.68. The van der Waals surface area contributed by atoms with E-state index in [2.05, 4.69) is 0 Å². The number of anilines is 1. The van der Waals surface area contributed by atoms with Crippen LogP contribution in [0.3, 0.4) is 0 Å². The van der Waals surface area contributed by atoms with Crippen molar-refractivity contribution in [3.05, 3.63) is 65.2 Å². The topological polar surface area (TPSA) is 46.6 Å². The Labute approximate surface area is 135 Å². The minimum atomic E-state index is -1.40. The standard InChI is InChI=1S/C19H19NO3/c1-4-20-17-11-10-13(2)12-16(17)19(18(20)22,23-14(3)21)15-8-6-5-7-9-15/h5-12H,4H2,1-3H3. The van der Waals surface area contributed by atoms with E-state index < -0.39 is 11.6 Å². The van der Waals surface area contributed by atoms with Crippen molar-refractivity contribution in [2.75, 3.05) is 11.4 Å². The molecule has 23 heavy (non-hydrogen) atoms. The van der Waals surface area contributed by atoms with E-state index in [0.29, 0.717) is 12.1 Å². The van der Waals surface area contributed by atoms with Crippen molar-refractivity contribution in [2.45, 2.75) is 26.4 Å². The molecule has 1 atom stereocenters. The summed E-state index contributed by atoms with van der Waals surface area (Å²) >= 11 is 0. The Bertz CT molecular complexity index is 769. The number of fused-ring (bicyclic) bond motifs is 1. The first-order chi connectivity index (χ1) is 11.0. The molecule has 0 N–H and O–H groups in total. The number of nitrogens with zero attached hydrogens (tertiary/aromatic N) is 1. The molecule has 1 heterocycles. The molecule has 0 spiro atoms. The average Bonchev–Trinajstić information content (AvgIpc) is 2.77. The molecule has 0 saturated carbocycles. The van der Waals surface area contributed by atoms with Gasteiger partial charge in [-0.25, -0.2) is 0 Å². The molecule has 2 aromatic carbocycles. The zero-order valence-electron chi connectivity index (χ0n) is 13.5. The predicted octanol–water partition coefficient (Wildman–Crippen LogP) is 3.17. The molecule has 1 aliphatic rings. The second kappa shape index (κ2) is 5.54. The van der Waals surface area contributed by atoms with Crippen LogP contribution in [0.1, 0.15) is 30.5 Å². The number of aryl methyl sites for hydroxylation is 1. The number of hydrogen-bond donors (Lipinski definition) is 0. The largest absolute Gasteiger partial charge is 0.439 e. The molecule has 0 radical (unpaired) electrons. The molecule has 4 heteroatoms. The number of ether oxygens (including phenoxy) is 1. The van der Waals surface area contributed by atoms with Gasteiger partial charge in [0.1, 0.15) is 0 Å². The Morgan fingerprint density at radius 1 is 1.17 bits per heavy atom. The van der Waals surface area contributed by atoms with Crippen LogP contribution < -0.4 is 4.90 Å². The molecule has 0 aromatic heterocycles. The van der Waals surface area contributed by atoms with Gasteiger partial charge in [-0.1, -0.05) is 42.0 Å². The SMILES string of the molecule is CCN1C(=O)C(OC(C)=O)(c2ccccc2)c2cc(C)ccc21. The zero-order chi connectivity index (χ0) is 16.6. The molecular weight excluding hydrogens is 290 g/mol. The highest BCUT2D eigenvalue weighted by atomic mass is 16.6. The van der Waals surface area contributed by atoms with Crippen LogP contribution in [0.25, 0.3) is 0 Å². The number of hydrogen-bond acceptors (Lipinski definition) is 3. The molecule has 3 rings (SSSR count). The zero-order valence-corrected chi connectivity index (χ0v) is 13.5. The van der Waals surface area contributed by atoms with Gasteiger partial charge in [0.05, 0.1) is 5.69 Å². The van der Waals surface area contributed by atoms with Crippen LogP contribution in [0.2, 0.25) is 0 Å². The van der Waals surface area contributed by atoms with Gasteiger partial charge in [0.2, 0.25) is 5.60 Å². The Morgan fingerprint density at radius 2 is 1.87 bits per heavy atom. The Morgan fingerprint density at radius 3 is 2.48 bits per heavy atom. The highest BCUT2D eigenvalue weighted by Crippen LogP contribution is 2.47. The average molecular weight is 309 g/mol. The number of amides is 1. The minimum absolute atomic E-state index is 0.220. The van der Waals surface area contributed by atoms with Gasteiger partial charge in [-0.2, -0.15) is 0 Å². The molecule has 1 aliphatic heterocycles. The van der Waals surface area contributed by atoms with Crippen molar-refractivity contribution in [1.29, 1.82) is 0 Å². The summed E-state index contributed by atoms with van der Waals surface area (Å²) in [4.78, 5) is 26.7. The molecule has 1 amide bonds. The molecule has 0 bridgehead atoms. The normalized spacial score (nSPS) is 19.6. The highest BCUT2D eigenvalue weighted by Gasteiger charge is 2.54. The van der Waals surface area contributed by atoms with E-state index in [-0.39, 0.29) is 5.91 Å². The second-order valence-corrected chi connectivity index (χ2v) is 5.71. The van der Waals surface area contributed by atoms with Gasteiger partial charge in [-0.05, 0) is 26.0 Å². The summed E-state index contributed by atoms with van der Waals surface area (Å²) in [5.41, 5.74) is 1.81. The predicted molar refractivity (Wildman–Crippen MR) is 88.2 cm³/mol. The van der Waals surface area contributed by atoms with Gasteiger partial charge in [-0.3, -0.25) is 9.59 Å². The van der Waals surface area contributed by atoms with Crippen LogP contribution in [-0.2, 0) is 19.9 Å². The smallest absolute Gasteiger partial charge is 0.304 e. The van der Waals surface area contributed by atoms with Crippen molar-refractivity contribution in [3.8, 4) is 0 Å². The van der Waals surface area contributed by atoms with Crippen LogP contribution in [0.5, 0.6) is 0 Å². The molecule has 118 valence electrons. The van der Waals surface area contributed by atoms with E-state index in [1.54, 1.807) is 4.90 Å². The lowest BCUT2D eigenvalue weighted by Gasteiger charge is -2.28. The van der Waals surface area contributed by atoms with E-state index in [1.165, 1.54) is 6.92 Å². The maximum Gasteiger partial charge on any atom is 0.304 e. The molecule has 0 saturated heterocycles. The number of rotatable bonds is 3. The Balaban J connectivity index is 2.33. The van der Waals surface area contributed by atoms with Crippen LogP contribution in [-0.4, -0.2) is 18.4 Å². The van der Waals surface area contributed by atoms with E-state index in [1.807, 2.05) is 62.4 Å². The van der Waals surface area contributed by atoms with Crippen molar-refractivity contribution in [1.82, 2.24) is 0 Å². The van der Waals surface area contributed by atoms with Gasteiger partial charge in [0, 0.05) is 24.6 Å². The van der Waals surface area contributed by atoms with Crippen molar-refractivity contribution in [2.24, 2.45) is 0 Å². The number of esters is 1. The number of likely N-dealkylation sites (N-methyl/N-ethyl adjacent to an activating group) is 1. The summed E-state index contributed by atoms with van der Waals surface area (Å²) in [6.45, 7) is 5.73. The summed E-state index contributed by atoms with van der Waals surface area (Å²) in [5.74, 6) is -0.699. The second-order valence-electron chi connectivity index (χ2n) is 5.71. The molecule has 2 aromatic rings. The maximum atomic E-state index is 13.2. The third-order valence-electron chi connectivity index (χ3n) is 4.16. The number of carbonyl (C=O) groups is 2. The fraction of sp³-hybridized carbons (Fsp3) is 0.263. The van der Waals surface area contributed by atoms with Crippen LogP contribution >= 0.6 is 0 Å². The lowest BCUT2D eigenvalue weighted by Crippen LogP contribution is -2.44.